The van der Waals surface area contributed by atoms with E-state index in [2.05, 4.69) is 23.2 Å². The molecule has 5 heterocycles. The number of aromatic nitrogens is 1. The number of fused-ring (bicyclic) bond motifs is 6. The van der Waals surface area contributed by atoms with Crippen molar-refractivity contribution in [2.24, 2.45) is 5.92 Å². The highest BCUT2D eigenvalue weighted by atomic mass is 33.1. The average Bonchev–Trinajstić information content (AvgIpc) is 3.55. The van der Waals surface area contributed by atoms with E-state index in [-0.39, 0.29) is 23.6 Å². The number of carbonyl (C=O) groups is 2. The minimum atomic E-state index is -1.13. The Balaban J connectivity index is 1.32. The number of nitrogens with two attached hydrogens (primary N) is 1. The molecule has 2 aliphatic carbocycles. The number of benzene rings is 1. The van der Waals surface area contributed by atoms with Crippen molar-refractivity contribution in [2.75, 3.05) is 18.0 Å². The molecule has 11 heteroatoms. The van der Waals surface area contributed by atoms with Gasteiger partial charge in [-0.3, -0.25) is 4.79 Å². The molecule has 1 spiro atoms. The Kier molecular flexibility index (Phi) is 7.14. The molecule has 6 atom stereocenters. The first-order valence-corrected chi connectivity index (χ1v) is 18.3. The number of allylic oxidation sites excluding steroid dienone is 1. The largest absolute Gasteiger partial charge is 0.481 e. The lowest BCUT2D eigenvalue weighted by Gasteiger charge is -2.52. The summed E-state index contributed by atoms with van der Waals surface area (Å²) in [4.78, 5) is 46.0. The molecular weight excluding hydrogens is 635 g/mol. The molecule has 9 nitrogen and oxygen atoms in total. The van der Waals surface area contributed by atoms with Gasteiger partial charge < -0.3 is 24.5 Å². The van der Waals surface area contributed by atoms with Crippen LogP contribution in [0, 0.1) is 5.92 Å². The number of esters is 1. The van der Waals surface area contributed by atoms with E-state index < -0.39 is 28.7 Å². The number of ether oxygens (including phenoxy) is 2. The molecule has 1 saturated heterocycles. The van der Waals surface area contributed by atoms with Gasteiger partial charge in [-0.2, -0.15) is 0 Å². The fourth-order valence-electron chi connectivity index (χ4n) is 7.94. The third-order valence-corrected chi connectivity index (χ3v) is 13.3. The van der Waals surface area contributed by atoms with E-state index in [1.165, 1.54) is 6.07 Å². The van der Waals surface area contributed by atoms with Gasteiger partial charge >= 0.3 is 11.6 Å². The Hall–Kier alpha value is -3.96. The minimum Gasteiger partial charge on any atom is -0.481 e. The number of amides is 1. The molecule has 0 bridgehead atoms. The van der Waals surface area contributed by atoms with E-state index in [1.54, 1.807) is 52.9 Å². The zero-order valence-electron chi connectivity index (χ0n) is 26.4. The molecule has 0 saturated carbocycles. The fourth-order valence-corrected chi connectivity index (χ4v) is 10.8. The molecule has 1 fully saturated rings. The lowest BCUT2D eigenvalue weighted by Crippen LogP contribution is -2.63. The number of anilines is 1. The van der Waals surface area contributed by atoms with Crippen molar-refractivity contribution in [3.8, 4) is 5.75 Å². The molecule has 8 rings (SSSR count). The third-order valence-electron chi connectivity index (χ3n) is 10.6. The molecule has 5 aliphatic rings. The highest BCUT2D eigenvalue weighted by Gasteiger charge is 2.64. The number of hydrogen-bond donors (Lipinski definition) is 1. The first kappa shape index (κ1) is 30.4. The third kappa shape index (κ3) is 4.76. The highest BCUT2D eigenvalue weighted by molar-refractivity contribution is 8.77. The number of hydrogen-bond acceptors (Lipinski definition) is 10. The highest BCUT2D eigenvalue weighted by Crippen LogP contribution is 2.58. The van der Waals surface area contributed by atoms with Crippen LogP contribution in [0.1, 0.15) is 49.8 Å². The number of pyridine rings is 1. The topological polar surface area (TPSA) is 125 Å². The summed E-state index contributed by atoms with van der Waals surface area (Å²) in [5, 5.41) is 0.989. The number of nitrogens with zero attached hydrogens (tertiary/aromatic N) is 2. The Morgan fingerprint density at radius 2 is 2.04 bits per heavy atom. The summed E-state index contributed by atoms with van der Waals surface area (Å²) in [7, 11) is 3.58. The summed E-state index contributed by atoms with van der Waals surface area (Å²) >= 11 is 0. The first-order valence-electron chi connectivity index (χ1n) is 15.9. The van der Waals surface area contributed by atoms with Crippen LogP contribution in [-0.4, -0.2) is 56.6 Å². The van der Waals surface area contributed by atoms with Crippen LogP contribution >= 0.6 is 21.6 Å². The van der Waals surface area contributed by atoms with Gasteiger partial charge in [-0.1, -0.05) is 51.5 Å². The van der Waals surface area contributed by atoms with Gasteiger partial charge in [0.25, 0.3) is 0 Å². The van der Waals surface area contributed by atoms with Gasteiger partial charge in [0.05, 0.1) is 23.6 Å². The smallest absolute Gasteiger partial charge is 0.336 e. The van der Waals surface area contributed by atoms with Gasteiger partial charge in [0.2, 0.25) is 5.91 Å². The minimum absolute atomic E-state index is 0.0594. The molecule has 6 unspecified atom stereocenters. The molecule has 3 aromatic rings. The molecule has 47 heavy (non-hydrogen) atoms. The monoisotopic (exact) mass is 669 g/mol. The lowest BCUT2D eigenvalue weighted by molar-refractivity contribution is -0.183. The van der Waals surface area contributed by atoms with Crippen molar-refractivity contribution in [1.82, 2.24) is 9.88 Å². The normalized spacial score (nSPS) is 31.0. The van der Waals surface area contributed by atoms with E-state index in [1.807, 2.05) is 30.9 Å². The van der Waals surface area contributed by atoms with Gasteiger partial charge in [0, 0.05) is 60.3 Å². The average molecular weight is 670 g/mol. The Labute approximate surface area is 280 Å². The van der Waals surface area contributed by atoms with Crippen LogP contribution in [-0.2, 0) is 27.2 Å². The van der Waals surface area contributed by atoms with Gasteiger partial charge in [0.1, 0.15) is 17.2 Å². The van der Waals surface area contributed by atoms with E-state index in [0.29, 0.717) is 47.2 Å². The van der Waals surface area contributed by atoms with E-state index in [4.69, 9.17) is 19.6 Å². The molecule has 0 radical (unpaired) electrons. The van der Waals surface area contributed by atoms with Crippen molar-refractivity contribution in [3.63, 3.8) is 0 Å². The summed E-state index contributed by atoms with van der Waals surface area (Å²) in [6.45, 7) is 6.21. The maximum Gasteiger partial charge on any atom is 0.336 e. The summed E-state index contributed by atoms with van der Waals surface area (Å²) < 4.78 is 19.2. The van der Waals surface area contributed by atoms with Crippen LogP contribution < -0.4 is 16.1 Å². The van der Waals surface area contributed by atoms with Crippen molar-refractivity contribution in [3.05, 3.63) is 99.1 Å². The van der Waals surface area contributed by atoms with Gasteiger partial charge in [0.15, 0.2) is 11.2 Å². The van der Waals surface area contributed by atoms with Crippen LogP contribution in [0.15, 0.2) is 81.2 Å². The Morgan fingerprint density at radius 1 is 1.19 bits per heavy atom. The first-order chi connectivity index (χ1) is 22.6. The van der Waals surface area contributed by atoms with E-state index in [9.17, 15) is 14.4 Å². The van der Waals surface area contributed by atoms with Crippen LogP contribution in [0.25, 0.3) is 11.0 Å². The lowest BCUT2D eigenvalue weighted by atomic mass is 9.61. The van der Waals surface area contributed by atoms with Crippen molar-refractivity contribution >= 4 is 50.3 Å². The standard InChI is InChI=1S/C36H35N3O6S2/c1-4-19(2)34(42)45-35(3)10-9-22-18-46-47-28-7-5-21-17-39(33(21)28)30(40)12-24-16-38-29(37)13-25(24)32(22)36(35)15-23-11-20-6-8-31(41)43-26(20)14-27(23)44-36/h4-9,11,13-14,16,21,28,32-33H,10,12,15,17-18H2,1-3H3,(H2,37,38). The van der Waals surface area contributed by atoms with Crippen molar-refractivity contribution < 1.29 is 23.5 Å². The van der Waals surface area contributed by atoms with Crippen LogP contribution in [0.2, 0.25) is 0 Å². The van der Waals surface area contributed by atoms with Crippen LogP contribution in [0.3, 0.4) is 0 Å². The summed E-state index contributed by atoms with van der Waals surface area (Å²) in [5.41, 5.74) is 8.26. The van der Waals surface area contributed by atoms with E-state index >= 15 is 0 Å². The second-order valence-electron chi connectivity index (χ2n) is 13.3. The van der Waals surface area contributed by atoms with Crippen molar-refractivity contribution in [2.45, 2.75) is 68.4 Å². The number of nitrogen functional groups attached to an aromatic ring is 1. The maximum atomic E-state index is 13.9. The predicted molar refractivity (Wildman–Crippen MR) is 183 cm³/mol. The summed E-state index contributed by atoms with van der Waals surface area (Å²) in [6, 6.07) is 8.93. The predicted octanol–water partition coefficient (Wildman–Crippen LogP) is 5.53. The zero-order chi connectivity index (χ0) is 32.7. The van der Waals surface area contributed by atoms with Gasteiger partial charge in [-0.05, 0) is 55.7 Å². The SMILES string of the molecule is CC=C(C)C(=O)OC1(C)CC=C2CSSC3C=CC4CN(C(=O)Cc5cnc(N)cc5C2C12Cc1cc5ccc(=O)oc5cc1O2)C43. The number of rotatable bonds is 2. The Morgan fingerprint density at radius 3 is 2.87 bits per heavy atom. The molecule has 1 amide bonds. The Bertz CT molecular complexity index is 2000. The molecule has 3 aliphatic heterocycles. The second-order valence-corrected chi connectivity index (χ2v) is 15.9. The van der Waals surface area contributed by atoms with Gasteiger partial charge in [-0.15, -0.1) is 0 Å². The van der Waals surface area contributed by atoms with E-state index in [0.717, 1.165) is 34.2 Å². The molecular formula is C36H35N3O6S2. The molecule has 2 aromatic heterocycles. The van der Waals surface area contributed by atoms with Crippen LogP contribution in [0.5, 0.6) is 5.75 Å². The molecule has 2 N–H and O–H groups in total. The van der Waals surface area contributed by atoms with Gasteiger partial charge in [-0.25, -0.2) is 14.6 Å². The van der Waals surface area contributed by atoms with Crippen LogP contribution in [0.4, 0.5) is 5.82 Å². The zero-order valence-corrected chi connectivity index (χ0v) is 28.0. The summed E-state index contributed by atoms with van der Waals surface area (Å²) in [5.74, 6) is 1.19. The quantitative estimate of drug-likeness (QED) is 0.122. The molecule has 1 aromatic carbocycles. The number of carbonyl (C=O) groups excluding carboxylic acids is 2. The second kappa shape index (κ2) is 11.1. The summed E-state index contributed by atoms with van der Waals surface area (Å²) in [6.07, 6.45) is 11.1. The van der Waals surface area contributed by atoms with Crippen molar-refractivity contribution in [1.29, 1.82) is 0 Å². The molecule has 242 valence electrons. The maximum absolute atomic E-state index is 13.9. The fraction of sp³-hybridized carbons (Fsp3) is 0.389.